The molecule has 7 heteroatoms. The van der Waals surface area contributed by atoms with E-state index in [0.29, 0.717) is 22.6 Å². The van der Waals surface area contributed by atoms with Crippen LogP contribution in [-0.2, 0) is 7.05 Å². The number of amides is 1. The first kappa shape index (κ1) is 12.1. The molecule has 0 radical (unpaired) electrons. The van der Waals surface area contributed by atoms with Crippen LogP contribution in [0, 0.1) is 0 Å². The Bertz CT molecular complexity index is 775. The predicted octanol–water partition coefficient (Wildman–Crippen LogP) is 1.20. The Morgan fingerprint density at radius 2 is 2.00 bits per heavy atom. The van der Waals surface area contributed by atoms with Crippen molar-refractivity contribution in [3.05, 3.63) is 42.4 Å². The van der Waals surface area contributed by atoms with Crippen molar-refractivity contribution < 1.29 is 4.79 Å². The maximum atomic E-state index is 12.2. The van der Waals surface area contributed by atoms with E-state index in [0.717, 1.165) is 5.52 Å². The smallest absolute Gasteiger partial charge is 0.256 e. The molecule has 0 saturated heterocycles. The van der Waals surface area contributed by atoms with Gasteiger partial charge in [-0.3, -0.25) is 19.4 Å². The van der Waals surface area contributed by atoms with Crippen molar-refractivity contribution in [1.82, 2.24) is 19.7 Å². The number of hydrogen-bond acceptors (Lipinski definition) is 5. The second-order valence-corrected chi connectivity index (χ2v) is 4.29. The minimum absolute atomic E-state index is 0.271. The highest BCUT2D eigenvalue weighted by Gasteiger charge is 2.12. The molecule has 0 fully saturated rings. The molecule has 2 heterocycles. The summed E-state index contributed by atoms with van der Waals surface area (Å²) in [6, 6.07) is 5.13. The fraction of sp³-hybridized carbons (Fsp3) is 0.0769. The van der Waals surface area contributed by atoms with Gasteiger partial charge in [0, 0.05) is 25.0 Å². The molecule has 0 atom stereocenters. The average Bonchev–Trinajstić information content (AvgIpc) is 2.78. The SMILES string of the molecule is Cn1ncc(N)c1NC(=O)c1ccc2nccnc2c1. The molecular formula is C13H12N6O. The zero-order valence-corrected chi connectivity index (χ0v) is 10.7. The number of nitrogens with one attached hydrogen (secondary N) is 1. The summed E-state index contributed by atoms with van der Waals surface area (Å²) in [6.45, 7) is 0. The molecule has 7 nitrogen and oxygen atoms in total. The van der Waals surface area contributed by atoms with Gasteiger partial charge in [0.1, 0.15) is 0 Å². The molecule has 1 amide bonds. The number of rotatable bonds is 2. The van der Waals surface area contributed by atoms with Crippen molar-refractivity contribution in [3.63, 3.8) is 0 Å². The highest BCUT2D eigenvalue weighted by atomic mass is 16.1. The monoisotopic (exact) mass is 268 g/mol. The molecule has 0 unspecified atom stereocenters. The van der Waals surface area contributed by atoms with Crippen molar-refractivity contribution in [2.45, 2.75) is 0 Å². The third kappa shape index (κ3) is 2.05. The lowest BCUT2D eigenvalue weighted by Crippen LogP contribution is -2.15. The maximum Gasteiger partial charge on any atom is 0.256 e. The average molecular weight is 268 g/mol. The third-order valence-electron chi connectivity index (χ3n) is 2.93. The van der Waals surface area contributed by atoms with Gasteiger partial charge in [0.2, 0.25) is 0 Å². The van der Waals surface area contributed by atoms with E-state index < -0.39 is 0 Å². The van der Waals surface area contributed by atoms with Gasteiger partial charge in [0.25, 0.3) is 5.91 Å². The molecule has 0 aliphatic carbocycles. The number of nitrogen functional groups attached to an aromatic ring is 1. The Labute approximate surface area is 114 Å². The zero-order chi connectivity index (χ0) is 14.1. The number of nitrogens with zero attached hydrogens (tertiary/aromatic N) is 4. The number of carbonyl (C=O) groups excluding carboxylic acids is 1. The predicted molar refractivity (Wildman–Crippen MR) is 75.1 cm³/mol. The summed E-state index contributed by atoms with van der Waals surface area (Å²) in [7, 11) is 1.71. The molecule has 2 aromatic heterocycles. The van der Waals surface area contributed by atoms with Crippen molar-refractivity contribution in [2.75, 3.05) is 11.1 Å². The largest absolute Gasteiger partial charge is 0.394 e. The van der Waals surface area contributed by atoms with E-state index in [9.17, 15) is 4.79 Å². The number of anilines is 2. The molecule has 0 aliphatic heterocycles. The van der Waals surface area contributed by atoms with Crippen LogP contribution in [0.4, 0.5) is 11.5 Å². The fourth-order valence-electron chi connectivity index (χ4n) is 1.89. The van der Waals surface area contributed by atoms with Crippen LogP contribution >= 0.6 is 0 Å². The highest BCUT2D eigenvalue weighted by Crippen LogP contribution is 2.18. The van der Waals surface area contributed by atoms with Crippen molar-refractivity contribution in [3.8, 4) is 0 Å². The lowest BCUT2D eigenvalue weighted by Gasteiger charge is -2.07. The van der Waals surface area contributed by atoms with Gasteiger partial charge >= 0.3 is 0 Å². The number of hydrogen-bond donors (Lipinski definition) is 2. The van der Waals surface area contributed by atoms with E-state index in [-0.39, 0.29) is 5.91 Å². The van der Waals surface area contributed by atoms with E-state index in [4.69, 9.17) is 5.73 Å². The van der Waals surface area contributed by atoms with Gasteiger partial charge in [-0.1, -0.05) is 0 Å². The van der Waals surface area contributed by atoms with Crippen molar-refractivity contribution in [1.29, 1.82) is 0 Å². The highest BCUT2D eigenvalue weighted by molar-refractivity contribution is 6.06. The summed E-state index contributed by atoms with van der Waals surface area (Å²) < 4.78 is 1.51. The molecule has 3 rings (SSSR count). The molecule has 1 aromatic carbocycles. The molecule has 0 aliphatic rings. The van der Waals surface area contributed by atoms with Crippen LogP contribution in [0.5, 0.6) is 0 Å². The van der Waals surface area contributed by atoms with Gasteiger partial charge in [-0.05, 0) is 18.2 Å². The van der Waals surface area contributed by atoms with Crippen LogP contribution in [0.2, 0.25) is 0 Å². The van der Waals surface area contributed by atoms with E-state index in [2.05, 4.69) is 20.4 Å². The number of carbonyl (C=O) groups is 1. The zero-order valence-electron chi connectivity index (χ0n) is 10.7. The van der Waals surface area contributed by atoms with Gasteiger partial charge in [-0.15, -0.1) is 0 Å². The molecule has 0 bridgehead atoms. The summed E-state index contributed by atoms with van der Waals surface area (Å²) in [5.74, 6) is 0.196. The third-order valence-corrected chi connectivity index (χ3v) is 2.93. The van der Waals surface area contributed by atoms with Crippen molar-refractivity contribution >= 4 is 28.4 Å². The summed E-state index contributed by atoms with van der Waals surface area (Å²) in [5.41, 5.74) is 8.05. The Morgan fingerprint density at radius 3 is 2.70 bits per heavy atom. The molecular weight excluding hydrogens is 256 g/mol. The standard InChI is InChI=1S/C13H12N6O/c1-19-12(9(14)7-17-19)18-13(20)8-2-3-10-11(6-8)16-5-4-15-10/h2-7H,14H2,1H3,(H,18,20). The number of benzene rings is 1. The van der Waals surface area contributed by atoms with Gasteiger partial charge in [-0.25, -0.2) is 0 Å². The van der Waals surface area contributed by atoms with Gasteiger partial charge in [0.15, 0.2) is 5.82 Å². The summed E-state index contributed by atoms with van der Waals surface area (Å²) in [5, 5.41) is 6.70. The summed E-state index contributed by atoms with van der Waals surface area (Å²) in [4.78, 5) is 20.5. The van der Waals surface area contributed by atoms with Crippen LogP contribution in [0.1, 0.15) is 10.4 Å². The second-order valence-electron chi connectivity index (χ2n) is 4.29. The number of nitrogens with two attached hydrogens (primary N) is 1. The van der Waals surface area contributed by atoms with Crippen LogP contribution in [0.3, 0.4) is 0 Å². The number of aryl methyl sites for hydroxylation is 1. The normalized spacial score (nSPS) is 10.7. The van der Waals surface area contributed by atoms with Crippen LogP contribution in [-0.4, -0.2) is 25.7 Å². The minimum atomic E-state index is -0.271. The molecule has 20 heavy (non-hydrogen) atoms. The molecule has 3 aromatic rings. The first-order valence-electron chi connectivity index (χ1n) is 5.95. The molecule has 3 N–H and O–H groups in total. The molecule has 0 spiro atoms. The topological polar surface area (TPSA) is 98.7 Å². The van der Waals surface area contributed by atoms with Gasteiger partial charge in [-0.2, -0.15) is 5.10 Å². The maximum absolute atomic E-state index is 12.2. The Kier molecular flexibility index (Phi) is 2.79. The molecule has 100 valence electrons. The Morgan fingerprint density at radius 1 is 1.25 bits per heavy atom. The van der Waals surface area contributed by atoms with E-state index >= 15 is 0 Å². The quantitative estimate of drug-likeness (QED) is 0.727. The van der Waals surface area contributed by atoms with E-state index in [1.54, 1.807) is 37.6 Å². The van der Waals surface area contributed by atoms with Crippen LogP contribution in [0.15, 0.2) is 36.8 Å². The fourth-order valence-corrected chi connectivity index (χ4v) is 1.89. The Balaban J connectivity index is 1.93. The van der Waals surface area contributed by atoms with Gasteiger partial charge < -0.3 is 11.1 Å². The number of fused-ring (bicyclic) bond motifs is 1. The lowest BCUT2D eigenvalue weighted by atomic mass is 10.2. The lowest BCUT2D eigenvalue weighted by molar-refractivity contribution is 0.102. The molecule has 0 saturated carbocycles. The van der Waals surface area contributed by atoms with Crippen molar-refractivity contribution in [2.24, 2.45) is 7.05 Å². The first-order valence-corrected chi connectivity index (χ1v) is 5.95. The Hall–Kier alpha value is -2.96. The van der Waals surface area contributed by atoms with Crippen LogP contribution in [0.25, 0.3) is 11.0 Å². The minimum Gasteiger partial charge on any atom is -0.394 e. The van der Waals surface area contributed by atoms with E-state index in [1.807, 2.05) is 0 Å². The van der Waals surface area contributed by atoms with Gasteiger partial charge in [0.05, 0.1) is 22.9 Å². The van der Waals surface area contributed by atoms with E-state index in [1.165, 1.54) is 10.9 Å². The second kappa shape index (κ2) is 4.61. The van der Waals surface area contributed by atoms with Crippen LogP contribution < -0.4 is 11.1 Å². The summed E-state index contributed by atoms with van der Waals surface area (Å²) in [6.07, 6.45) is 4.68. The first-order chi connectivity index (χ1) is 9.65. The summed E-state index contributed by atoms with van der Waals surface area (Å²) >= 11 is 0. The number of aromatic nitrogens is 4.